The topological polar surface area (TPSA) is 64.4 Å². The largest absolute Gasteiger partial charge is 0.488 e. The first kappa shape index (κ1) is 18.6. The molecular formula is C21H21FN2O3. The highest BCUT2D eigenvalue weighted by atomic mass is 19.1. The van der Waals surface area contributed by atoms with Crippen LogP contribution in [0.4, 0.5) is 10.1 Å². The van der Waals surface area contributed by atoms with Gasteiger partial charge in [-0.05, 0) is 68.7 Å². The van der Waals surface area contributed by atoms with E-state index in [1.165, 1.54) is 18.2 Å². The van der Waals surface area contributed by atoms with Crippen molar-refractivity contribution in [2.45, 2.75) is 34.3 Å². The second-order valence-electron chi connectivity index (χ2n) is 6.47. The quantitative estimate of drug-likeness (QED) is 0.697. The molecule has 140 valence electrons. The zero-order valence-electron chi connectivity index (χ0n) is 15.7. The smallest absolute Gasteiger partial charge is 0.278 e. The van der Waals surface area contributed by atoms with E-state index in [9.17, 15) is 9.18 Å². The first-order valence-electron chi connectivity index (χ1n) is 8.58. The number of nitrogens with zero attached hydrogens (tertiary/aromatic N) is 1. The molecular weight excluding hydrogens is 347 g/mol. The van der Waals surface area contributed by atoms with Gasteiger partial charge in [0.15, 0.2) is 5.69 Å². The van der Waals surface area contributed by atoms with E-state index in [0.29, 0.717) is 22.6 Å². The predicted octanol–water partition coefficient (Wildman–Crippen LogP) is 4.88. The lowest BCUT2D eigenvalue weighted by Crippen LogP contribution is -2.16. The van der Waals surface area contributed by atoms with Gasteiger partial charge in [-0.15, -0.1) is 0 Å². The van der Waals surface area contributed by atoms with Gasteiger partial charge in [0.1, 0.15) is 23.9 Å². The minimum Gasteiger partial charge on any atom is -0.488 e. The molecule has 3 aromatic rings. The average molecular weight is 368 g/mol. The number of hydrogen-bond donors (Lipinski definition) is 1. The molecule has 0 fully saturated rings. The maximum atomic E-state index is 13.2. The Morgan fingerprint density at radius 1 is 1.15 bits per heavy atom. The van der Waals surface area contributed by atoms with Crippen molar-refractivity contribution in [1.29, 1.82) is 0 Å². The lowest BCUT2D eigenvalue weighted by molar-refractivity contribution is 0.101. The highest BCUT2D eigenvalue weighted by Crippen LogP contribution is 2.24. The molecule has 0 saturated heterocycles. The number of carbonyl (C=O) groups is 1. The highest BCUT2D eigenvalue weighted by Gasteiger charge is 2.21. The van der Waals surface area contributed by atoms with E-state index in [1.807, 2.05) is 32.0 Å². The molecule has 1 aromatic heterocycles. The molecule has 1 amide bonds. The van der Waals surface area contributed by atoms with Gasteiger partial charge in [-0.25, -0.2) is 4.39 Å². The minimum absolute atomic E-state index is 0.154. The van der Waals surface area contributed by atoms with Gasteiger partial charge >= 0.3 is 0 Å². The number of amides is 1. The van der Waals surface area contributed by atoms with Crippen LogP contribution in [0.5, 0.6) is 5.75 Å². The molecule has 0 atom stereocenters. The van der Waals surface area contributed by atoms with Gasteiger partial charge in [-0.3, -0.25) is 4.79 Å². The third kappa shape index (κ3) is 4.00. The van der Waals surface area contributed by atoms with Crippen LogP contribution in [0.25, 0.3) is 0 Å². The van der Waals surface area contributed by atoms with E-state index in [-0.39, 0.29) is 18.1 Å². The van der Waals surface area contributed by atoms with Gasteiger partial charge in [0.2, 0.25) is 0 Å². The molecule has 0 aliphatic carbocycles. The number of benzene rings is 2. The van der Waals surface area contributed by atoms with Gasteiger partial charge in [-0.2, -0.15) is 0 Å². The Kier molecular flexibility index (Phi) is 5.26. The average Bonchev–Trinajstić information content (AvgIpc) is 2.99. The molecule has 5 nitrogen and oxygen atoms in total. The zero-order valence-corrected chi connectivity index (χ0v) is 15.7. The molecule has 2 aromatic carbocycles. The summed E-state index contributed by atoms with van der Waals surface area (Å²) >= 11 is 0. The number of anilines is 1. The molecule has 0 aliphatic rings. The number of hydrogen-bond acceptors (Lipinski definition) is 4. The first-order valence-corrected chi connectivity index (χ1v) is 8.58. The molecule has 0 unspecified atom stereocenters. The van der Waals surface area contributed by atoms with E-state index < -0.39 is 5.91 Å². The van der Waals surface area contributed by atoms with Gasteiger partial charge in [-0.1, -0.05) is 17.3 Å². The number of halogens is 1. The summed E-state index contributed by atoms with van der Waals surface area (Å²) in [6, 6.07) is 9.98. The summed E-state index contributed by atoms with van der Waals surface area (Å²) in [4.78, 5) is 12.6. The lowest BCUT2D eigenvalue weighted by atomic mass is 10.1. The van der Waals surface area contributed by atoms with Crippen LogP contribution in [-0.2, 0) is 6.61 Å². The molecule has 1 heterocycles. The lowest BCUT2D eigenvalue weighted by Gasteiger charge is -2.11. The molecule has 0 aliphatic heterocycles. The summed E-state index contributed by atoms with van der Waals surface area (Å²) < 4.78 is 24.3. The fraction of sp³-hybridized carbons (Fsp3) is 0.238. The van der Waals surface area contributed by atoms with Crippen molar-refractivity contribution in [2.24, 2.45) is 0 Å². The van der Waals surface area contributed by atoms with Crippen molar-refractivity contribution >= 4 is 11.6 Å². The molecule has 6 heteroatoms. The van der Waals surface area contributed by atoms with Gasteiger partial charge in [0.25, 0.3) is 5.91 Å². The Bertz CT molecular complexity index is 995. The number of aromatic nitrogens is 1. The second kappa shape index (κ2) is 7.61. The summed E-state index contributed by atoms with van der Waals surface area (Å²) in [6.45, 7) is 7.60. The summed E-state index contributed by atoms with van der Waals surface area (Å²) in [6.07, 6.45) is 0. The predicted molar refractivity (Wildman–Crippen MR) is 101 cm³/mol. The Hall–Kier alpha value is -3.15. The van der Waals surface area contributed by atoms with E-state index in [1.54, 1.807) is 13.8 Å². The van der Waals surface area contributed by atoms with Crippen molar-refractivity contribution in [2.75, 3.05) is 5.32 Å². The van der Waals surface area contributed by atoms with Crippen LogP contribution in [-0.4, -0.2) is 11.1 Å². The third-order valence-electron chi connectivity index (χ3n) is 4.56. The van der Waals surface area contributed by atoms with Crippen LogP contribution in [0, 0.1) is 33.5 Å². The summed E-state index contributed by atoms with van der Waals surface area (Å²) in [7, 11) is 0. The van der Waals surface area contributed by atoms with Crippen molar-refractivity contribution in [3.05, 3.63) is 75.9 Å². The van der Waals surface area contributed by atoms with Crippen LogP contribution in [0.1, 0.15) is 38.5 Å². The molecule has 0 saturated carbocycles. The standard InChI is InChI=1S/C21H21FN2O3/c1-12-6-5-7-19(14(12)3)26-11-17-15(4)27-24-20(17)21(25)23-18-9-8-16(22)10-13(18)2/h5-10H,11H2,1-4H3,(H,23,25). The van der Waals surface area contributed by atoms with E-state index in [2.05, 4.69) is 10.5 Å². The van der Waals surface area contributed by atoms with Crippen LogP contribution in [0.15, 0.2) is 40.9 Å². The number of rotatable bonds is 5. The molecule has 27 heavy (non-hydrogen) atoms. The molecule has 3 rings (SSSR count). The number of carbonyl (C=O) groups excluding carboxylic acids is 1. The SMILES string of the molecule is Cc1cc(F)ccc1NC(=O)c1noc(C)c1COc1cccc(C)c1C. The highest BCUT2D eigenvalue weighted by molar-refractivity contribution is 6.04. The fourth-order valence-corrected chi connectivity index (χ4v) is 2.72. The molecule has 0 radical (unpaired) electrons. The summed E-state index contributed by atoms with van der Waals surface area (Å²) in [5.41, 5.74) is 4.04. The van der Waals surface area contributed by atoms with E-state index >= 15 is 0 Å². The van der Waals surface area contributed by atoms with Crippen molar-refractivity contribution in [3.63, 3.8) is 0 Å². The maximum absolute atomic E-state index is 13.2. The second-order valence-corrected chi connectivity index (χ2v) is 6.47. The zero-order chi connectivity index (χ0) is 19.6. The molecule has 0 bridgehead atoms. The van der Waals surface area contributed by atoms with Crippen molar-refractivity contribution in [3.8, 4) is 5.75 Å². The Labute approximate surface area is 157 Å². The number of nitrogens with one attached hydrogen (secondary N) is 1. The normalized spacial score (nSPS) is 10.7. The minimum atomic E-state index is -0.430. The van der Waals surface area contributed by atoms with Crippen LogP contribution >= 0.6 is 0 Å². The van der Waals surface area contributed by atoms with Gasteiger partial charge < -0.3 is 14.6 Å². The third-order valence-corrected chi connectivity index (χ3v) is 4.56. The molecule has 1 N–H and O–H groups in total. The van der Waals surface area contributed by atoms with Crippen LogP contribution in [0.3, 0.4) is 0 Å². The van der Waals surface area contributed by atoms with Crippen molar-refractivity contribution < 1.29 is 18.4 Å². The van der Waals surface area contributed by atoms with Gasteiger partial charge in [0.05, 0.1) is 5.56 Å². The first-order chi connectivity index (χ1) is 12.9. The Morgan fingerprint density at radius 2 is 1.93 bits per heavy atom. The number of ether oxygens (including phenoxy) is 1. The Morgan fingerprint density at radius 3 is 2.67 bits per heavy atom. The van der Waals surface area contributed by atoms with E-state index in [4.69, 9.17) is 9.26 Å². The Balaban J connectivity index is 1.79. The fourth-order valence-electron chi connectivity index (χ4n) is 2.72. The summed E-state index contributed by atoms with van der Waals surface area (Å²) in [5.74, 6) is 0.476. The van der Waals surface area contributed by atoms with E-state index in [0.717, 1.165) is 16.9 Å². The maximum Gasteiger partial charge on any atom is 0.278 e. The summed E-state index contributed by atoms with van der Waals surface area (Å²) in [5, 5.41) is 6.61. The van der Waals surface area contributed by atoms with Crippen molar-refractivity contribution in [1.82, 2.24) is 5.16 Å². The van der Waals surface area contributed by atoms with Crippen LogP contribution in [0.2, 0.25) is 0 Å². The monoisotopic (exact) mass is 368 g/mol. The number of aryl methyl sites for hydroxylation is 3. The van der Waals surface area contributed by atoms with Gasteiger partial charge in [0, 0.05) is 5.69 Å². The van der Waals surface area contributed by atoms with Crippen LogP contribution < -0.4 is 10.1 Å². The molecule has 0 spiro atoms.